The van der Waals surface area contributed by atoms with Crippen molar-refractivity contribution < 1.29 is 9.66 Å². The Morgan fingerprint density at radius 1 is 1.71 bits per heavy atom. The van der Waals surface area contributed by atoms with Crippen molar-refractivity contribution in [3.63, 3.8) is 0 Å². The minimum absolute atomic E-state index is 0.00547. The van der Waals surface area contributed by atoms with Gasteiger partial charge in [-0.2, -0.15) is 0 Å². The summed E-state index contributed by atoms with van der Waals surface area (Å²) in [5, 5.41) is 13.9. The van der Waals surface area contributed by atoms with Gasteiger partial charge >= 0.3 is 5.69 Å². The van der Waals surface area contributed by atoms with E-state index in [2.05, 4.69) is 10.3 Å². The van der Waals surface area contributed by atoms with Gasteiger partial charge in [0.05, 0.1) is 10.5 Å². The van der Waals surface area contributed by atoms with E-state index >= 15 is 0 Å². The summed E-state index contributed by atoms with van der Waals surface area (Å²) in [6, 6.07) is 1.61. The maximum atomic E-state index is 10.8. The van der Waals surface area contributed by atoms with E-state index in [9.17, 15) is 10.1 Å². The molecule has 0 aromatic carbocycles. The lowest BCUT2D eigenvalue weighted by molar-refractivity contribution is -0.384. The molecule has 6 nitrogen and oxygen atoms in total. The number of anilines is 1. The Hall–Kier alpha value is -1.69. The molecule has 1 aromatic heterocycles. The van der Waals surface area contributed by atoms with Crippen LogP contribution >= 0.6 is 0 Å². The van der Waals surface area contributed by atoms with Gasteiger partial charge in [-0.15, -0.1) is 0 Å². The van der Waals surface area contributed by atoms with Gasteiger partial charge in [-0.3, -0.25) is 15.1 Å². The third-order valence-electron chi connectivity index (χ3n) is 2.95. The van der Waals surface area contributed by atoms with Gasteiger partial charge in [0.25, 0.3) is 0 Å². The third-order valence-corrected chi connectivity index (χ3v) is 2.95. The van der Waals surface area contributed by atoms with Crippen LogP contribution in [0.25, 0.3) is 0 Å². The minimum Gasteiger partial charge on any atom is -0.377 e. The average Bonchev–Trinajstić information content (AvgIpc) is 2.74. The Morgan fingerprint density at radius 3 is 3.18 bits per heavy atom. The highest BCUT2D eigenvalue weighted by Crippen LogP contribution is 2.27. The number of hydrogen-bond acceptors (Lipinski definition) is 5. The Morgan fingerprint density at radius 2 is 2.53 bits per heavy atom. The molecule has 1 aromatic rings. The van der Waals surface area contributed by atoms with E-state index in [-0.39, 0.29) is 11.3 Å². The number of nitrogens with one attached hydrogen (secondary N) is 1. The second-order valence-electron chi connectivity index (χ2n) is 4.41. The molecule has 1 aliphatic heterocycles. The molecule has 0 saturated carbocycles. The fourth-order valence-corrected chi connectivity index (χ4v) is 1.94. The Kier molecular flexibility index (Phi) is 3.23. The Labute approximate surface area is 99.2 Å². The molecule has 2 heterocycles. The van der Waals surface area contributed by atoms with Crippen molar-refractivity contribution in [1.82, 2.24) is 4.98 Å². The van der Waals surface area contributed by atoms with E-state index in [1.54, 1.807) is 6.07 Å². The molecule has 92 valence electrons. The van der Waals surface area contributed by atoms with E-state index in [4.69, 9.17) is 4.74 Å². The molecule has 0 spiro atoms. The predicted octanol–water partition coefficient (Wildman–Crippen LogP) is 1.97. The molecule has 1 N–H and O–H groups in total. The molecule has 0 aliphatic carbocycles. The summed E-state index contributed by atoms with van der Waals surface area (Å²) in [6.07, 6.45) is 4.79. The quantitative estimate of drug-likeness (QED) is 0.640. The summed E-state index contributed by atoms with van der Waals surface area (Å²) in [6.45, 7) is 3.34. The van der Waals surface area contributed by atoms with Gasteiger partial charge in [-0.25, -0.2) is 0 Å². The van der Waals surface area contributed by atoms with Gasteiger partial charge in [0.2, 0.25) is 0 Å². The molecule has 2 rings (SSSR count). The Bertz CT molecular complexity index is 416. The molecule has 1 aliphatic rings. The number of rotatable bonds is 4. The number of nitrogens with zero attached hydrogens (tertiary/aromatic N) is 2. The van der Waals surface area contributed by atoms with E-state index in [0.29, 0.717) is 12.2 Å². The van der Waals surface area contributed by atoms with Crippen LogP contribution in [0.4, 0.5) is 11.4 Å². The fourth-order valence-electron chi connectivity index (χ4n) is 1.94. The van der Waals surface area contributed by atoms with E-state index in [0.717, 1.165) is 19.4 Å². The number of ether oxygens (including phenoxy) is 1. The molecule has 0 bridgehead atoms. The molecular formula is C11H15N3O3. The number of nitro groups is 1. The van der Waals surface area contributed by atoms with Crippen LogP contribution in [0.2, 0.25) is 0 Å². The molecule has 0 amide bonds. The van der Waals surface area contributed by atoms with Crippen LogP contribution in [0.15, 0.2) is 18.5 Å². The van der Waals surface area contributed by atoms with Gasteiger partial charge < -0.3 is 10.1 Å². The first kappa shape index (κ1) is 11.8. The van der Waals surface area contributed by atoms with E-state index < -0.39 is 4.92 Å². The lowest BCUT2D eigenvalue weighted by Crippen LogP contribution is -2.32. The standard InChI is InChI=1S/C11H15N3O3/c1-11(4-2-6-17-11)8-13-9-3-5-12-7-10(9)14(15)16/h3,5,7H,2,4,6,8H2,1H3,(H,12,13). The highest BCUT2D eigenvalue weighted by Gasteiger charge is 2.30. The van der Waals surface area contributed by atoms with Gasteiger partial charge in [0, 0.05) is 19.3 Å². The molecule has 1 unspecified atom stereocenters. The first-order valence-corrected chi connectivity index (χ1v) is 5.57. The molecule has 6 heteroatoms. The maximum absolute atomic E-state index is 10.8. The number of pyridine rings is 1. The molecular weight excluding hydrogens is 222 g/mol. The first-order valence-electron chi connectivity index (χ1n) is 5.57. The van der Waals surface area contributed by atoms with Crippen molar-refractivity contribution in [3.8, 4) is 0 Å². The van der Waals surface area contributed by atoms with Crippen LogP contribution in [0.1, 0.15) is 19.8 Å². The van der Waals surface area contributed by atoms with Crippen molar-refractivity contribution in [2.45, 2.75) is 25.4 Å². The normalized spacial score (nSPS) is 23.6. The smallest absolute Gasteiger partial charge is 0.310 e. The lowest BCUT2D eigenvalue weighted by atomic mass is 10.0. The fraction of sp³-hybridized carbons (Fsp3) is 0.545. The maximum Gasteiger partial charge on any atom is 0.310 e. The van der Waals surface area contributed by atoms with Crippen molar-refractivity contribution in [2.24, 2.45) is 0 Å². The van der Waals surface area contributed by atoms with Crippen LogP contribution in [-0.2, 0) is 4.74 Å². The zero-order chi connectivity index (χ0) is 12.3. The van der Waals surface area contributed by atoms with E-state index in [1.165, 1.54) is 12.4 Å². The molecule has 1 saturated heterocycles. The zero-order valence-corrected chi connectivity index (χ0v) is 9.68. The van der Waals surface area contributed by atoms with E-state index in [1.807, 2.05) is 6.92 Å². The van der Waals surface area contributed by atoms with Crippen molar-refractivity contribution in [3.05, 3.63) is 28.6 Å². The lowest BCUT2D eigenvalue weighted by Gasteiger charge is -2.23. The molecule has 0 radical (unpaired) electrons. The van der Waals surface area contributed by atoms with Crippen molar-refractivity contribution in [1.29, 1.82) is 0 Å². The van der Waals surface area contributed by atoms with Gasteiger partial charge in [-0.05, 0) is 25.8 Å². The predicted molar refractivity (Wildman–Crippen MR) is 63.0 cm³/mol. The largest absolute Gasteiger partial charge is 0.377 e. The topological polar surface area (TPSA) is 77.3 Å². The minimum atomic E-state index is -0.437. The first-order chi connectivity index (χ1) is 8.11. The SMILES string of the molecule is CC1(CNc2ccncc2[N+](=O)[O-])CCCO1. The summed E-state index contributed by atoms with van der Waals surface area (Å²) in [4.78, 5) is 14.1. The number of hydrogen-bond donors (Lipinski definition) is 1. The molecule has 1 fully saturated rings. The van der Waals surface area contributed by atoms with Crippen LogP contribution in [0.3, 0.4) is 0 Å². The summed E-state index contributed by atoms with van der Waals surface area (Å²) in [7, 11) is 0. The highest BCUT2D eigenvalue weighted by atomic mass is 16.6. The van der Waals surface area contributed by atoms with Gasteiger partial charge in [0.1, 0.15) is 11.9 Å². The summed E-state index contributed by atoms with van der Waals surface area (Å²) in [5.74, 6) is 0. The average molecular weight is 237 g/mol. The summed E-state index contributed by atoms with van der Waals surface area (Å²) in [5.41, 5.74) is 0.257. The highest BCUT2D eigenvalue weighted by molar-refractivity contribution is 5.59. The van der Waals surface area contributed by atoms with Crippen LogP contribution < -0.4 is 5.32 Å². The summed E-state index contributed by atoms with van der Waals surface area (Å²) < 4.78 is 5.61. The molecule has 17 heavy (non-hydrogen) atoms. The molecule has 1 atom stereocenters. The van der Waals surface area contributed by atoms with Crippen molar-refractivity contribution >= 4 is 11.4 Å². The van der Waals surface area contributed by atoms with Gasteiger partial charge in [-0.1, -0.05) is 0 Å². The third kappa shape index (κ3) is 2.71. The van der Waals surface area contributed by atoms with Gasteiger partial charge in [0.15, 0.2) is 0 Å². The monoisotopic (exact) mass is 237 g/mol. The second-order valence-corrected chi connectivity index (χ2v) is 4.41. The second kappa shape index (κ2) is 4.67. The van der Waals surface area contributed by atoms with Crippen LogP contribution in [-0.4, -0.2) is 28.7 Å². The summed E-state index contributed by atoms with van der Waals surface area (Å²) >= 11 is 0. The van der Waals surface area contributed by atoms with Crippen LogP contribution in [0.5, 0.6) is 0 Å². The zero-order valence-electron chi connectivity index (χ0n) is 9.68. The Balaban J connectivity index is 2.06. The van der Waals surface area contributed by atoms with Crippen molar-refractivity contribution in [2.75, 3.05) is 18.5 Å². The number of aromatic nitrogens is 1. The van der Waals surface area contributed by atoms with Crippen LogP contribution in [0, 0.1) is 10.1 Å².